The number of fused-ring (bicyclic) bond motifs is 1. The van der Waals surface area contributed by atoms with Crippen molar-refractivity contribution in [3.05, 3.63) is 29.3 Å². The number of carbonyl (C=O) groups is 3. The number of piperidine rings is 1. The normalized spacial score (nSPS) is 27.2. The lowest BCUT2D eigenvalue weighted by molar-refractivity contribution is -0.136. The minimum absolute atomic E-state index is 0.148. The molecule has 7 nitrogen and oxygen atoms in total. The van der Waals surface area contributed by atoms with Crippen LogP contribution in [0.1, 0.15) is 61.4 Å². The lowest BCUT2D eigenvalue weighted by Gasteiger charge is -2.37. The molecule has 3 aliphatic rings. The van der Waals surface area contributed by atoms with Crippen molar-refractivity contribution in [2.45, 2.75) is 70.2 Å². The molecule has 2 aliphatic heterocycles. The van der Waals surface area contributed by atoms with Gasteiger partial charge in [-0.25, -0.2) is 0 Å². The molecule has 0 spiro atoms. The average Bonchev–Trinajstić information content (AvgIpc) is 3.03. The zero-order chi connectivity index (χ0) is 20.5. The van der Waals surface area contributed by atoms with Crippen molar-refractivity contribution in [3.8, 4) is 5.75 Å². The molecule has 0 aromatic heterocycles. The minimum Gasteiger partial charge on any atom is -0.489 e. The van der Waals surface area contributed by atoms with E-state index < -0.39 is 6.04 Å². The Labute approximate surface area is 171 Å². The zero-order valence-corrected chi connectivity index (χ0v) is 17.1. The molecule has 0 bridgehead atoms. The van der Waals surface area contributed by atoms with E-state index in [1.807, 2.05) is 12.1 Å². The van der Waals surface area contributed by atoms with Gasteiger partial charge < -0.3 is 14.5 Å². The van der Waals surface area contributed by atoms with Gasteiger partial charge in [-0.2, -0.15) is 0 Å². The molecule has 1 N–H and O–H groups in total. The molecule has 29 heavy (non-hydrogen) atoms. The number of imide groups is 1. The summed E-state index contributed by atoms with van der Waals surface area (Å²) in [5.41, 5.74) is 1.50. The summed E-state index contributed by atoms with van der Waals surface area (Å²) in [5.74, 6) is -0.0258. The van der Waals surface area contributed by atoms with E-state index >= 15 is 0 Å². The van der Waals surface area contributed by atoms with Crippen LogP contribution in [0.5, 0.6) is 5.75 Å². The highest BCUT2D eigenvalue weighted by Gasteiger charge is 2.39. The minimum atomic E-state index is -0.585. The molecule has 2 fully saturated rings. The summed E-state index contributed by atoms with van der Waals surface area (Å²) < 4.78 is 6.37. The van der Waals surface area contributed by atoms with Gasteiger partial charge in [-0.1, -0.05) is 13.3 Å². The number of likely N-dealkylation sites (N-methyl/N-ethyl adjacent to an activating group) is 1. The van der Waals surface area contributed by atoms with Gasteiger partial charge in [0.1, 0.15) is 17.9 Å². The van der Waals surface area contributed by atoms with E-state index in [0.717, 1.165) is 30.7 Å². The summed E-state index contributed by atoms with van der Waals surface area (Å²) in [5, 5.41) is 2.34. The highest BCUT2D eigenvalue weighted by atomic mass is 16.5. The molecule has 1 saturated heterocycles. The maximum absolute atomic E-state index is 12.8. The largest absolute Gasteiger partial charge is 0.489 e. The van der Waals surface area contributed by atoms with Crippen molar-refractivity contribution < 1.29 is 19.1 Å². The summed E-state index contributed by atoms with van der Waals surface area (Å²) >= 11 is 0. The van der Waals surface area contributed by atoms with Crippen molar-refractivity contribution in [3.63, 3.8) is 0 Å². The van der Waals surface area contributed by atoms with Gasteiger partial charge in [0.15, 0.2) is 0 Å². The Hall–Kier alpha value is -2.41. The molecular formula is C22H29N3O4. The maximum Gasteiger partial charge on any atom is 0.255 e. The van der Waals surface area contributed by atoms with Crippen LogP contribution in [0, 0.1) is 0 Å². The van der Waals surface area contributed by atoms with Crippen LogP contribution in [0.4, 0.5) is 0 Å². The molecule has 2 heterocycles. The van der Waals surface area contributed by atoms with Gasteiger partial charge in [-0.3, -0.25) is 19.7 Å². The van der Waals surface area contributed by atoms with Gasteiger partial charge >= 0.3 is 0 Å². The number of nitrogens with one attached hydrogen (secondary N) is 1. The second kappa shape index (κ2) is 8.14. The molecule has 1 unspecified atom stereocenters. The van der Waals surface area contributed by atoms with Gasteiger partial charge in [-0.15, -0.1) is 0 Å². The number of nitrogens with zero attached hydrogens (tertiary/aromatic N) is 2. The third-order valence-electron chi connectivity index (χ3n) is 6.52. The first kappa shape index (κ1) is 19.9. The average molecular weight is 399 g/mol. The lowest BCUT2D eigenvalue weighted by atomic mass is 9.91. The predicted molar refractivity (Wildman–Crippen MR) is 107 cm³/mol. The maximum atomic E-state index is 12.8. The van der Waals surface area contributed by atoms with Crippen LogP contribution in [-0.2, 0) is 16.1 Å². The number of hydrogen-bond donors (Lipinski definition) is 1. The third-order valence-corrected chi connectivity index (χ3v) is 6.52. The molecule has 1 aromatic carbocycles. The zero-order valence-electron chi connectivity index (χ0n) is 17.1. The van der Waals surface area contributed by atoms with Gasteiger partial charge in [0.05, 0.1) is 0 Å². The summed E-state index contributed by atoms with van der Waals surface area (Å²) in [7, 11) is 2.14. The number of rotatable bonds is 5. The van der Waals surface area contributed by atoms with Crippen molar-refractivity contribution in [2.75, 3.05) is 13.6 Å². The van der Waals surface area contributed by atoms with Crippen LogP contribution < -0.4 is 10.1 Å². The Kier molecular flexibility index (Phi) is 5.58. The van der Waals surface area contributed by atoms with Crippen LogP contribution in [0.15, 0.2) is 18.2 Å². The highest BCUT2D eigenvalue weighted by molar-refractivity contribution is 6.05. The van der Waals surface area contributed by atoms with E-state index in [-0.39, 0.29) is 30.2 Å². The number of benzene rings is 1. The number of hydrogen-bond acceptors (Lipinski definition) is 5. The first-order valence-electron chi connectivity index (χ1n) is 10.6. The topological polar surface area (TPSA) is 79.0 Å². The smallest absolute Gasteiger partial charge is 0.255 e. The van der Waals surface area contributed by atoms with Gasteiger partial charge in [0, 0.05) is 24.6 Å². The summed E-state index contributed by atoms with van der Waals surface area (Å²) in [6.45, 7) is 3.53. The highest BCUT2D eigenvalue weighted by Crippen LogP contribution is 2.32. The van der Waals surface area contributed by atoms with E-state index in [0.29, 0.717) is 24.6 Å². The first-order valence-corrected chi connectivity index (χ1v) is 10.6. The van der Waals surface area contributed by atoms with Crippen molar-refractivity contribution in [2.24, 2.45) is 0 Å². The van der Waals surface area contributed by atoms with E-state index in [9.17, 15) is 14.4 Å². The van der Waals surface area contributed by atoms with Crippen molar-refractivity contribution in [1.82, 2.24) is 15.1 Å². The standard InChI is InChI=1S/C22H29N3O4/c1-3-24(2)17-6-4-5-7-19(17)29-15-8-9-16-14(12-15)13-25(22(16)28)18-10-11-20(26)23-21(18)27/h8-9,12,17-19H,3-7,10-11,13H2,1-2H3,(H,23,26,27)/t17-,18?,19-/m1/s1. The molecule has 7 heteroatoms. The second-order valence-corrected chi connectivity index (χ2v) is 8.30. The third kappa shape index (κ3) is 3.88. The fourth-order valence-corrected chi connectivity index (χ4v) is 4.75. The lowest BCUT2D eigenvalue weighted by Crippen LogP contribution is -2.52. The Morgan fingerprint density at radius 3 is 2.72 bits per heavy atom. The Morgan fingerprint density at radius 2 is 1.97 bits per heavy atom. The van der Waals surface area contributed by atoms with E-state index in [1.54, 1.807) is 11.0 Å². The molecule has 0 radical (unpaired) electrons. The monoisotopic (exact) mass is 399 g/mol. The molecule has 3 atom stereocenters. The van der Waals surface area contributed by atoms with Gasteiger partial charge in [0.25, 0.3) is 5.91 Å². The fraction of sp³-hybridized carbons (Fsp3) is 0.591. The fourth-order valence-electron chi connectivity index (χ4n) is 4.75. The predicted octanol–water partition coefficient (Wildman–Crippen LogP) is 2.09. The van der Waals surface area contributed by atoms with Crippen LogP contribution in [0.2, 0.25) is 0 Å². The first-order chi connectivity index (χ1) is 14.0. The Bertz CT molecular complexity index is 824. The van der Waals surface area contributed by atoms with E-state index in [2.05, 4.69) is 24.2 Å². The molecule has 1 saturated carbocycles. The van der Waals surface area contributed by atoms with Crippen LogP contribution in [-0.4, -0.2) is 59.3 Å². The molecular weight excluding hydrogens is 370 g/mol. The van der Waals surface area contributed by atoms with E-state index in [1.165, 1.54) is 12.8 Å². The van der Waals surface area contributed by atoms with Crippen molar-refractivity contribution >= 4 is 17.7 Å². The summed E-state index contributed by atoms with van der Waals surface area (Å²) in [6, 6.07) is 5.43. The Morgan fingerprint density at radius 1 is 1.17 bits per heavy atom. The van der Waals surface area contributed by atoms with Gasteiger partial charge in [-0.05, 0) is 63.0 Å². The van der Waals surface area contributed by atoms with Crippen LogP contribution in [0.25, 0.3) is 0 Å². The van der Waals surface area contributed by atoms with E-state index in [4.69, 9.17) is 4.74 Å². The summed E-state index contributed by atoms with van der Waals surface area (Å²) in [6.07, 6.45) is 5.37. The molecule has 1 aliphatic carbocycles. The number of carbonyl (C=O) groups excluding carboxylic acids is 3. The quantitative estimate of drug-likeness (QED) is 0.767. The van der Waals surface area contributed by atoms with Crippen LogP contribution in [0.3, 0.4) is 0 Å². The second-order valence-electron chi connectivity index (χ2n) is 8.30. The Balaban J connectivity index is 1.48. The van der Waals surface area contributed by atoms with Crippen molar-refractivity contribution in [1.29, 1.82) is 0 Å². The number of ether oxygens (including phenoxy) is 1. The van der Waals surface area contributed by atoms with Crippen LogP contribution >= 0.6 is 0 Å². The molecule has 1 aromatic rings. The number of amides is 3. The molecule has 3 amide bonds. The molecule has 156 valence electrons. The summed E-state index contributed by atoms with van der Waals surface area (Å²) in [4.78, 5) is 40.3. The molecule has 4 rings (SSSR count). The SMILES string of the molecule is CCN(C)[C@@H]1CCCC[C@H]1Oc1ccc2c(c1)CN(C1CCC(=O)NC1=O)C2=O. The van der Waals surface area contributed by atoms with Gasteiger partial charge in [0.2, 0.25) is 11.8 Å².